The van der Waals surface area contributed by atoms with E-state index in [9.17, 15) is 43.2 Å². The summed E-state index contributed by atoms with van der Waals surface area (Å²) in [5.74, 6) is 0.784. The van der Waals surface area contributed by atoms with Gasteiger partial charge in [0.1, 0.15) is 19.3 Å². The highest BCUT2D eigenvalue weighted by Crippen LogP contribution is 2.45. The number of rotatable bonds is 64. The molecule has 0 aromatic carbocycles. The van der Waals surface area contributed by atoms with E-state index in [2.05, 4.69) is 55.4 Å². The molecule has 0 amide bonds. The molecule has 0 rings (SSSR count). The molecular weight excluding hydrogens is 1140 g/mol. The van der Waals surface area contributed by atoms with Gasteiger partial charge in [0, 0.05) is 25.7 Å². The predicted molar refractivity (Wildman–Crippen MR) is 344 cm³/mol. The van der Waals surface area contributed by atoms with Crippen LogP contribution in [0, 0.1) is 23.7 Å². The van der Waals surface area contributed by atoms with Gasteiger partial charge in [-0.3, -0.25) is 37.3 Å². The number of aliphatic hydroxyl groups excluding tert-OH is 1. The van der Waals surface area contributed by atoms with E-state index in [-0.39, 0.29) is 25.7 Å². The molecule has 0 aromatic heterocycles. The lowest BCUT2D eigenvalue weighted by Gasteiger charge is -2.21. The summed E-state index contributed by atoms with van der Waals surface area (Å²) in [6, 6.07) is 0. The predicted octanol–water partition coefficient (Wildman–Crippen LogP) is 18.5. The molecule has 17 nitrogen and oxygen atoms in total. The van der Waals surface area contributed by atoms with Gasteiger partial charge in [-0.15, -0.1) is 0 Å². The van der Waals surface area contributed by atoms with E-state index in [1.807, 2.05) is 0 Å². The van der Waals surface area contributed by atoms with Crippen molar-refractivity contribution in [2.75, 3.05) is 39.6 Å². The Kier molecular flexibility index (Phi) is 55.7. The molecule has 0 aliphatic carbocycles. The van der Waals surface area contributed by atoms with Crippen LogP contribution < -0.4 is 0 Å². The summed E-state index contributed by atoms with van der Waals surface area (Å²) in [4.78, 5) is 72.3. The van der Waals surface area contributed by atoms with Crippen molar-refractivity contribution in [3.63, 3.8) is 0 Å². The second kappa shape index (κ2) is 57.0. The first-order valence-electron chi connectivity index (χ1n) is 34.8. The molecule has 0 fully saturated rings. The van der Waals surface area contributed by atoms with Crippen molar-refractivity contribution in [3.05, 3.63) is 0 Å². The summed E-state index contributed by atoms with van der Waals surface area (Å²) in [6.07, 6.45) is 37.9. The third-order valence-electron chi connectivity index (χ3n) is 16.0. The Balaban J connectivity index is 5.20. The summed E-state index contributed by atoms with van der Waals surface area (Å²) in [6.45, 7) is 14.0. The summed E-state index contributed by atoms with van der Waals surface area (Å²) >= 11 is 0. The molecule has 0 aromatic rings. The van der Waals surface area contributed by atoms with Gasteiger partial charge in [-0.2, -0.15) is 0 Å². The molecule has 0 saturated heterocycles. The van der Waals surface area contributed by atoms with Crippen LogP contribution in [0.2, 0.25) is 0 Å². The molecule has 0 saturated carbocycles. The third-order valence-corrected chi connectivity index (χ3v) is 17.9. The maximum atomic E-state index is 13.0. The van der Waals surface area contributed by atoms with Gasteiger partial charge >= 0.3 is 39.5 Å². The number of carbonyl (C=O) groups is 4. The number of phosphoric ester groups is 2. The van der Waals surface area contributed by atoms with Crippen LogP contribution in [0.1, 0.15) is 325 Å². The zero-order valence-electron chi connectivity index (χ0n) is 55.9. The molecule has 0 spiro atoms. The highest BCUT2D eigenvalue weighted by Gasteiger charge is 2.30. The number of ether oxygens (including phenoxy) is 4. The Morgan fingerprint density at radius 3 is 0.826 bits per heavy atom. The lowest BCUT2D eigenvalue weighted by molar-refractivity contribution is -0.161. The van der Waals surface area contributed by atoms with E-state index in [4.69, 9.17) is 37.0 Å². The Morgan fingerprint density at radius 2 is 0.558 bits per heavy atom. The number of carbonyl (C=O) groups excluding carboxylic acids is 4. The number of unbranched alkanes of at least 4 members (excludes halogenated alkanes) is 28. The van der Waals surface area contributed by atoms with Gasteiger partial charge in [-0.25, -0.2) is 9.13 Å². The molecule has 0 aliphatic heterocycles. The quantitative estimate of drug-likeness (QED) is 0.0222. The standard InChI is InChI=1S/C67H130O17P2/c1-9-59(7)45-37-29-19-17-15-13-11-12-14-16-18-20-33-41-49-66(71)83-62(53-78-65(70)48-40-32-26-23-30-38-46-60(8)10-2)55-81-85(73,74)79-51-61(68)52-80-86(75,76)82-56-63(84-67(72)50-42-34-25-22-28-36-44-58(5)6)54-77-64(69)47-39-31-24-21-27-35-43-57(3)4/h57-63,68H,9-56H2,1-8H3,(H,73,74)(H,75,76)/t59?,60?,61-,62+,63+/m0/s1. The molecule has 510 valence electrons. The van der Waals surface area contributed by atoms with Gasteiger partial charge in [-0.05, 0) is 49.4 Å². The maximum Gasteiger partial charge on any atom is 0.472 e. The molecule has 0 bridgehead atoms. The monoisotopic (exact) mass is 1270 g/mol. The Labute approximate surface area is 524 Å². The van der Waals surface area contributed by atoms with Gasteiger partial charge in [0.15, 0.2) is 12.2 Å². The van der Waals surface area contributed by atoms with Crippen LogP contribution in [0.3, 0.4) is 0 Å². The molecule has 4 unspecified atom stereocenters. The fourth-order valence-corrected chi connectivity index (χ4v) is 11.5. The van der Waals surface area contributed by atoms with E-state index in [1.165, 1.54) is 116 Å². The largest absolute Gasteiger partial charge is 0.472 e. The van der Waals surface area contributed by atoms with E-state index in [0.29, 0.717) is 37.5 Å². The average Bonchev–Trinajstić information content (AvgIpc) is 3.69. The van der Waals surface area contributed by atoms with Gasteiger partial charge in [0.2, 0.25) is 0 Å². The van der Waals surface area contributed by atoms with Crippen LogP contribution >= 0.6 is 15.6 Å². The molecular formula is C67H130O17P2. The molecule has 0 radical (unpaired) electrons. The highest BCUT2D eigenvalue weighted by molar-refractivity contribution is 7.47. The van der Waals surface area contributed by atoms with Gasteiger partial charge < -0.3 is 33.8 Å². The minimum atomic E-state index is -4.95. The smallest absolute Gasteiger partial charge is 0.462 e. The zero-order chi connectivity index (χ0) is 63.9. The topological polar surface area (TPSA) is 237 Å². The maximum absolute atomic E-state index is 13.0. The van der Waals surface area contributed by atoms with E-state index in [0.717, 1.165) is 115 Å². The normalized spacial score (nSPS) is 15.0. The first-order valence-corrected chi connectivity index (χ1v) is 37.8. The van der Waals surface area contributed by atoms with Crippen LogP contribution in [-0.4, -0.2) is 96.7 Å². The van der Waals surface area contributed by atoms with Crippen molar-refractivity contribution in [1.29, 1.82) is 0 Å². The van der Waals surface area contributed by atoms with E-state index in [1.54, 1.807) is 0 Å². The van der Waals surface area contributed by atoms with Crippen molar-refractivity contribution in [3.8, 4) is 0 Å². The Hall–Kier alpha value is -1.94. The van der Waals surface area contributed by atoms with Crippen molar-refractivity contribution in [2.45, 2.75) is 343 Å². The Morgan fingerprint density at radius 1 is 0.326 bits per heavy atom. The summed E-state index contributed by atoms with van der Waals surface area (Å²) in [5.41, 5.74) is 0. The second-order valence-electron chi connectivity index (χ2n) is 25.6. The fraction of sp³-hybridized carbons (Fsp3) is 0.940. The molecule has 0 heterocycles. The van der Waals surface area contributed by atoms with Crippen molar-refractivity contribution in [1.82, 2.24) is 0 Å². The van der Waals surface area contributed by atoms with Gasteiger partial charge in [-0.1, -0.05) is 274 Å². The van der Waals surface area contributed by atoms with Crippen molar-refractivity contribution in [2.24, 2.45) is 23.7 Å². The molecule has 86 heavy (non-hydrogen) atoms. The van der Waals surface area contributed by atoms with Crippen LogP contribution in [0.15, 0.2) is 0 Å². The van der Waals surface area contributed by atoms with Gasteiger partial charge in [0.05, 0.1) is 26.4 Å². The number of hydrogen-bond donors (Lipinski definition) is 3. The van der Waals surface area contributed by atoms with Crippen LogP contribution in [0.5, 0.6) is 0 Å². The first-order chi connectivity index (χ1) is 41.2. The van der Waals surface area contributed by atoms with Crippen LogP contribution in [0.4, 0.5) is 0 Å². The van der Waals surface area contributed by atoms with Crippen molar-refractivity contribution < 1.29 is 80.2 Å². The van der Waals surface area contributed by atoms with Crippen molar-refractivity contribution >= 4 is 39.5 Å². The summed E-state index contributed by atoms with van der Waals surface area (Å²) < 4.78 is 68.0. The SMILES string of the molecule is CCC(C)CCCCCCCCCCCCCCCCC(=O)O[C@H](COC(=O)CCCCCCCCC(C)CC)COP(=O)(O)OC[C@H](O)COP(=O)(O)OC[C@@H](COC(=O)CCCCCCCCC(C)C)OC(=O)CCCCCCCCC(C)C. The summed E-state index contributed by atoms with van der Waals surface area (Å²) in [5, 5.41) is 10.5. The third kappa shape index (κ3) is 58.4. The van der Waals surface area contributed by atoms with Gasteiger partial charge in [0.25, 0.3) is 0 Å². The summed E-state index contributed by atoms with van der Waals surface area (Å²) in [7, 11) is -9.89. The number of hydrogen-bond acceptors (Lipinski definition) is 15. The van der Waals surface area contributed by atoms with E-state index >= 15 is 0 Å². The number of aliphatic hydroxyl groups is 1. The average molecular weight is 1270 g/mol. The Bertz CT molecular complexity index is 1720. The highest BCUT2D eigenvalue weighted by atomic mass is 31.2. The minimum absolute atomic E-state index is 0.100. The number of phosphoric acid groups is 2. The minimum Gasteiger partial charge on any atom is -0.462 e. The van der Waals surface area contributed by atoms with Crippen LogP contribution in [-0.2, 0) is 65.4 Å². The van der Waals surface area contributed by atoms with E-state index < -0.39 is 97.5 Å². The molecule has 19 heteroatoms. The van der Waals surface area contributed by atoms with Crippen LogP contribution in [0.25, 0.3) is 0 Å². The first kappa shape index (κ1) is 84.1. The lowest BCUT2D eigenvalue weighted by atomic mass is 9.99. The second-order valence-corrected chi connectivity index (χ2v) is 28.6. The zero-order valence-corrected chi connectivity index (χ0v) is 57.7. The molecule has 3 N–H and O–H groups in total. The fourth-order valence-electron chi connectivity index (χ4n) is 9.89. The molecule has 7 atom stereocenters. The lowest BCUT2D eigenvalue weighted by Crippen LogP contribution is -2.30. The number of esters is 4. The molecule has 0 aliphatic rings.